The fourth-order valence-corrected chi connectivity index (χ4v) is 5.08. The number of likely N-dealkylation sites (N-methyl/N-ethyl adjacent to an activating group) is 1. The van der Waals surface area contributed by atoms with Crippen LogP contribution >= 0.6 is 0 Å². The van der Waals surface area contributed by atoms with E-state index in [-0.39, 0.29) is 23.4 Å². The monoisotopic (exact) mass is 599 g/mol. The second-order valence-electron chi connectivity index (χ2n) is 11.1. The van der Waals surface area contributed by atoms with Gasteiger partial charge in [-0.25, -0.2) is 9.50 Å². The molecule has 1 aliphatic heterocycles. The van der Waals surface area contributed by atoms with Crippen LogP contribution in [0.25, 0.3) is 16.9 Å². The first kappa shape index (κ1) is 30.5. The number of piperazine rings is 1. The van der Waals surface area contributed by atoms with Crippen molar-refractivity contribution in [1.29, 1.82) is 0 Å². The molecular weight excluding hydrogens is 562 g/mol. The van der Waals surface area contributed by atoms with Crippen LogP contribution < -0.4 is 20.1 Å². The highest BCUT2D eigenvalue weighted by atomic mass is 16.5. The highest BCUT2D eigenvalue weighted by molar-refractivity contribution is 6.04. The number of carbonyl (C=O) groups is 3. The molecule has 0 bridgehead atoms. The van der Waals surface area contributed by atoms with Crippen LogP contribution in [-0.2, 0) is 4.79 Å². The van der Waals surface area contributed by atoms with Crippen LogP contribution in [0.5, 0.6) is 11.5 Å². The Balaban J connectivity index is 1.27. The van der Waals surface area contributed by atoms with Gasteiger partial charge in [-0.3, -0.25) is 14.4 Å². The van der Waals surface area contributed by atoms with Crippen LogP contribution in [0.2, 0.25) is 0 Å². The molecule has 1 aliphatic rings. The van der Waals surface area contributed by atoms with Crippen molar-refractivity contribution in [1.82, 2.24) is 29.7 Å². The van der Waals surface area contributed by atoms with E-state index in [1.54, 1.807) is 67.4 Å². The minimum absolute atomic E-state index is 0.0680. The van der Waals surface area contributed by atoms with Crippen LogP contribution in [0.15, 0.2) is 60.8 Å². The van der Waals surface area contributed by atoms with Gasteiger partial charge in [0, 0.05) is 55.3 Å². The van der Waals surface area contributed by atoms with Gasteiger partial charge in [0.2, 0.25) is 5.91 Å². The third-order valence-electron chi connectivity index (χ3n) is 7.71. The molecule has 2 N–H and O–H groups in total. The molecule has 4 aromatic rings. The molecule has 1 saturated heterocycles. The first-order valence-electron chi connectivity index (χ1n) is 14.4. The Bertz CT molecular complexity index is 1660. The van der Waals surface area contributed by atoms with E-state index in [0.717, 1.165) is 24.3 Å². The summed E-state index contributed by atoms with van der Waals surface area (Å²) in [7, 11) is 5.17. The number of aromatic nitrogens is 3. The van der Waals surface area contributed by atoms with Gasteiger partial charge in [0.1, 0.15) is 6.04 Å². The molecule has 1 fully saturated rings. The standard InChI is InChI=1S/C32H37N7O5/c1-20(2)29(32(42)38-16-14-37(3)15-17-38)35-30(40)21-6-9-23(10-7-21)34-31(41)24-19-28-33-13-12-25(39(28)36-24)22-8-11-26(43-4)27(18-22)44-5/h6-13,18-20,29H,14-17H2,1-5H3,(H,34,41)(H,35,40)/t29-/m0/s1. The summed E-state index contributed by atoms with van der Waals surface area (Å²) >= 11 is 0. The SMILES string of the molecule is COc1ccc(-c2ccnc3cc(C(=O)Nc4ccc(C(=O)N[C@H](C(=O)N5CCN(C)CC5)C(C)C)cc4)nn23)cc1OC. The summed E-state index contributed by atoms with van der Waals surface area (Å²) in [5.74, 6) is 0.253. The summed E-state index contributed by atoms with van der Waals surface area (Å²) in [6, 6.07) is 14.8. The lowest BCUT2D eigenvalue weighted by Crippen LogP contribution is -2.55. The number of rotatable bonds is 9. The van der Waals surface area contributed by atoms with Crippen molar-refractivity contribution in [2.45, 2.75) is 19.9 Å². The Kier molecular flexibility index (Phi) is 9.09. The third kappa shape index (κ3) is 6.50. The van der Waals surface area contributed by atoms with E-state index in [0.29, 0.717) is 41.5 Å². The van der Waals surface area contributed by atoms with Gasteiger partial charge < -0.3 is 29.9 Å². The summed E-state index contributed by atoms with van der Waals surface area (Å²) in [6.45, 7) is 6.74. The first-order chi connectivity index (χ1) is 21.2. The lowest BCUT2D eigenvalue weighted by atomic mass is 10.0. The molecule has 12 nitrogen and oxygen atoms in total. The smallest absolute Gasteiger partial charge is 0.276 e. The molecule has 44 heavy (non-hydrogen) atoms. The minimum atomic E-state index is -0.627. The van der Waals surface area contributed by atoms with Crippen molar-refractivity contribution in [2.75, 3.05) is 52.8 Å². The topological polar surface area (TPSA) is 130 Å². The van der Waals surface area contributed by atoms with Crippen molar-refractivity contribution in [3.05, 3.63) is 72.1 Å². The Labute approximate surface area is 256 Å². The highest BCUT2D eigenvalue weighted by Gasteiger charge is 2.30. The number of carbonyl (C=O) groups excluding carboxylic acids is 3. The van der Waals surface area contributed by atoms with Crippen LogP contribution in [0, 0.1) is 5.92 Å². The molecule has 0 radical (unpaired) electrons. The van der Waals surface area contributed by atoms with Gasteiger partial charge in [0.05, 0.1) is 19.9 Å². The van der Waals surface area contributed by atoms with E-state index in [1.807, 2.05) is 37.9 Å². The number of fused-ring (bicyclic) bond motifs is 1. The summed E-state index contributed by atoms with van der Waals surface area (Å²) < 4.78 is 12.4. The molecule has 2 aromatic carbocycles. The number of nitrogens with one attached hydrogen (secondary N) is 2. The van der Waals surface area contributed by atoms with Gasteiger partial charge in [0.25, 0.3) is 11.8 Å². The zero-order valence-corrected chi connectivity index (χ0v) is 25.5. The maximum absolute atomic E-state index is 13.2. The summed E-state index contributed by atoms with van der Waals surface area (Å²) in [5.41, 5.74) is 3.08. The molecule has 0 unspecified atom stereocenters. The van der Waals surface area contributed by atoms with E-state index in [1.165, 1.54) is 0 Å². The van der Waals surface area contributed by atoms with Gasteiger partial charge >= 0.3 is 0 Å². The van der Waals surface area contributed by atoms with Gasteiger partial charge in [0.15, 0.2) is 22.8 Å². The number of methoxy groups -OCH3 is 2. The number of amides is 3. The predicted octanol–water partition coefficient (Wildman–Crippen LogP) is 3.19. The third-order valence-corrected chi connectivity index (χ3v) is 7.71. The van der Waals surface area contributed by atoms with Crippen LogP contribution in [0.4, 0.5) is 5.69 Å². The highest BCUT2D eigenvalue weighted by Crippen LogP contribution is 2.32. The fraction of sp³-hybridized carbons (Fsp3) is 0.344. The van der Waals surface area contributed by atoms with Crippen molar-refractivity contribution < 1.29 is 23.9 Å². The average Bonchev–Trinajstić information content (AvgIpc) is 3.48. The van der Waals surface area contributed by atoms with E-state index in [9.17, 15) is 14.4 Å². The van der Waals surface area contributed by atoms with Crippen LogP contribution in [-0.4, -0.2) is 95.6 Å². The zero-order valence-electron chi connectivity index (χ0n) is 25.5. The number of anilines is 1. The maximum Gasteiger partial charge on any atom is 0.276 e. The number of benzene rings is 2. The molecular formula is C32H37N7O5. The summed E-state index contributed by atoms with van der Waals surface area (Å²) in [5, 5.41) is 10.2. The van der Waals surface area contributed by atoms with E-state index < -0.39 is 11.9 Å². The van der Waals surface area contributed by atoms with Crippen molar-refractivity contribution in [2.24, 2.45) is 5.92 Å². The van der Waals surface area contributed by atoms with Gasteiger partial charge in [-0.2, -0.15) is 5.10 Å². The van der Waals surface area contributed by atoms with Crippen LogP contribution in [0.3, 0.4) is 0 Å². The summed E-state index contributed by atoms with van der Waals surface area (Å²) in [4.78, 5) is 47.7. The average molecular weight is 600 g/mol. The Morgan fingerprint density at radius 2 is 1.57 bits per heavy atom. The number of hydrogen-bond donors (Lipinski definition) is 2. The molecule has 3 amide bonds. The van der Waals surface area contributed by atoms with Gasteiger partial charge in [-0.05, 0) is 61.5 Å². The lowest BCUT2D eigenvalue weighted by Gasteiger charge is -2.35. The Morgan fingerprint density at radius 1 is 0.864 bits per heavy atom. The normalized spacial score (nSPS) is 14.4. The van der Waals surface area contributed by atoms with Crippen molar-refractivity contribution >= 4 is 29.1 Å². The molecule has 3 heterocycles. The quantitative estimate of drug-likeness (QED) is 0.300. The van der Waals surface area contributed by atoms with Crippen molar-refractivity contribution in [3.8, 4) is 22.8 Å². The molecule has 12 heteroatoms. The van der Waals surface area contributed by atoms with E-state index in [4.69, 9.17) is 9.47 Å². The molecule has 0 aliphatic carbocycles. The van der Waals surface area contributed by atoms with E-state index >= 15 is 0 Å². The lowest BCUT2D eigenvalue weighted by molar-refractivity contribution is -0.135. The van der Waals surface area contributed by atoms with Crippen LogP contribution in [0.1, 0.15) is 34.7 Å². The first-order valence-corrected chi connectivity index (χ1v) is 14.4. The zero-order chi connectivity index (χ0) is 31.4. The molecule has 0 spiro atoms. The van der Waals surface area contributed by atoms with Crippen molar-refractivity contribution in [3.63, 3.8) is 0 Å². The largest absolute Gasteiger partial charge is 0.493 e. The second kappa shape index (κ2) is 13.1. The van der Waals surface area contributed by atoms with E-state index in [2.05, 4.69) is 25.6 Å². The summed E-state index contributed by atoms with van der Waals surface area (Å²) in [6.07, 6.45) is 1.65. The molecule has 5 rings (SSSR count). The number of hydrogen-bond acceptors (Lipinski definition) is 8. The predicted molar refractivity (Wildman–Crippen MR) is 166 cm³/mol. The Morgan fingerprint density at radius 3 is 2.23 bits per heavy atom. The molecule has 230 valence electrons. The number of ether oxygens (including phenoxy) is 2. The second-order valence-corrected chi connectivity index (χ2v) is 11.1. The Hall–Kier alpha value is -4.97. The van der Waals surface area contributed by atoms with Gasteiger partial charge in [-0.1, -0.05) is 13.8 Å². The minimum Gasteiger partial charge on any atom is -0.493 e. The molecule has 0 saturated carbocycles. The van der Waals surface area contributed by atoms with Gasteiger partial charge in [-0.15, -0.1) is 0 Å². The fourth-order valence-electron chi connectivity index (χ4n) is 5.08. The molecule has 1 atom stereocenters. The maximum atomic E-state index is 13.2. The molecule has 2 aromatic heterocycles. The number of nitrogens with zero attached hydrogens (tertiary/aromatic N) is 5.